The van der Waals surface area contributed by atoms with Gasteiger partial charge in [-0.2, -0.15) is 0 Å². The van der Waals surface area contributed by atoms with Gasteiger partial charge in [-0.3, -0.25) is 0 Å². The molecule has 2 nitrogen and oxygen atoms in total. The van der Waals surface area contributed by atoms with Gasteiger partial charge in [-0.15, -0.1) is 0 Å². The third-order valence-corrected chi connectivity index (χ3v) is 5.00. The molecule has 1 aromatic rings. The molecule has 2 bridgehead atoms. The first-order valence-electron chi connectivity index (χ1n) is 7.69. The van der Waals surface area contributed by atoms with Gasteiger partial charge < -0.3 is 10.2 Å². The highest BCUT2D eigenvalue weighted by molar-refractivity contribution is 5.32. The van der Waals surface area contributed by atoms with Gasteiger partial charge in [0.05, 0.1) is 0 Å². The molecule has 3 rings (SSSR count). The Balaban J connectivity index is 1.70. The van der Waals surface area contributed by atoms with Gasteiger partial charge in [0.25, 0.3) is 0 Å². The molecule has 0 saturated carbocycles. The summed E-state index contributed by atoms with van der Waals surface area (Å²) in [6, 6.07) is 7.99. The van der Waals surface area contributed by atoms with Crippen molar-refractivity contribution < 1.29 is 0 Å². The minimum atomic E-state index is 0.469. The molecule has 0 radical (unpaired) electrons. The van der Waals surface area contributed by atoms with Crippen LogP contribution in [-0.4, -0.2) is 30.6 Å². The quantitative estimate of drug-likeness (QED) is 0.896. The molecule has 2 heteroatoms. The Bertz CT molecular complexity index is 455. The van der Waals surface area contributed by atoms with Crippen LogP contribution < -0.4 is 5.32 Å². The zero-order valence-electron chi connectivity index (χ0n) is 12.4. The van der Waals surface area contributed by atoms with Crippen molar-refractivity contribution >= 4 is 0 Å². The predicted molar refractivity (Wildman–Crippen MR) is 80.4 cm³/mol. The number of benzene rings is 1. The highest BCUT2D eigenvalue weighted by Crippen LogP contribution is 2.29. The molecule has 2 aliphatic heterocycles. The Morgan fingerprint density at radius 1 is 1.21 bits per heavy atom. The fourth-order valence-corrected chi connectivity index (χ4v) is 3.81. The van der Waals surface area contributed by atoms with Crippen LogP contribution in [0.3, 0.4) is 0 Å². The second-order valence-corrected chi connectivity index (χ2v) is 6.49. The lowest BCUT2D eigenvalue weighted by atomic mass is 9.92. The van der Waals surface area contributed by atoms with E-state index < -0.39 is 0 Å². The summed E-state index contributed by atoms with van der Waals surface area (Å²) >= 11 is 0. The van der Waals surface area contributed by atoms with E-state index in [0.29, 0.717) is 12.1 Å². The highest BCUT2D eigenvalue weighted by atomic mass is 15.2. The summed E-state index contributed by atoms with van der Waals surface area (Å²) < 4.78 is 0. The minimum Gasteiger partial charge on any atom is -0.307 e. The van der Waals surface area contributed by atoms with Crippen LogP contribution in [0.4, 0.5) is 0 Å². The minimum absolute atomic E-state index is 0.469. The molecule has 0 aromatic heterocycles. The molecule has 0 amide bonds. The maximum Gasteiger partial charge on any atom is 0.0297 e. The van der Waals surface area contributed by atoms with Gasteiger partial charge in [0.2, 0.25) is 0 Å². The SMILES string of the molecule is Cc1ccc(C)c(C(C)NC2CCN3CCC2C3)c1. The van der Waals surface area contributed by atoms with E-state index >= 15 is 0 Å². The molecule has 2 aliphatic rings. The average Bonchev–Trinajstić information content (AvgIpc) is 2.78. The summed E-state index contributed by atoms with van der Waals surface area (Å²) in [5.74, 6) is 0.876. The maximum absolute atomic E-state index is 3.90. The van der Waals surface area contributed by atoms with E-state index in [1.54, 1.807) is 0 Å². The summed E-state index contributed by atoms with van der Waals surface area (Å²) in [7, 11) is 0. The van der Waals surface area contributed by atoms with Crippen molar-refractivity contribution in [1.29, 1.82) is 0 Å². The first-order chi connectivity index (χ1) is 9.13. The number of hydrogen-bond acceptors (Lipinski definition) is 2. The predicted octanol–water partition coefficient (Wildman–Crippen LogP) is 3.05. The molecule has 19 heavy (non-hydrogen) atoms. The van der Waals surface area contributed by atoms with E-state index in [4.69, 9.17) is 0 Å². The lowest BCUT2D eigenvalue weighted by Crippen LogP contribution is -2.44. The monoisotopic (exact) mass is 258 g/mol. The number of aryl methyl sites for hydroxylation is 2. The fraction of sp³-hybridized carbons (Fsp3) is 0.647. The van der Waals surface area contributed by atoms with Crippen LogP contribution in [0.25, 0.3) is 0 Å². The fourth-order valence-electron chi connectivity index (χ4n) is 3.81. The van der Waals surface area contributed by atoms with Gasteiger partial charge in [-0.1, -0.05) is 23.8 Å². The van der Waals surface area contributed by atoms with Crippen molar-refractivity contribution in [3.05, 3.63) is 34.9 Å². The van der Waals surface area contributed by atoms with E-state index in [1.807, 2.05) is 0 Å². The molecular formula is C17H26N2. The van der Waals surface area contributed by atoms with Gasteiger partial charge in [-0.25, -0.2) is 0 Å². The van der Waals surface area contributed by atoms with Crippen LogP contribution >= 0.6 is 0 Å². The molecule has 2 heterocycles. The number of nitrogens with zero attached hydrogens (tertiary/aromatic N) is 1. The van der Waals surface area contributed by atoms with Gasteiger partial charge in [0.15, 0.2) is 0 Å². The van der Waals surface area contributed by atoms with E-state index in [-0.39, 0.29) is 0 Å². The summed E-state index contributed by atoms with van der Waals surface area (Å²) in [5, 5.41) is 3.90. The van der Waals surface area contributed by atoms with Gasteiger partial charge in [0.1, 0.15) is 0 Å². The van der Waals surface area contributed by atoms with Gasteiger partial charge >= 0.3 is 0 Å². The van der Waals surface area contributed by atoms with Crippen molar-refractivity contribution in [2.24, 2.45) is 5.92 Å². The lowest BCUT2D eigenvalue weighted by Gasteiger charge is -2.33. The summed E-state index contributed by atoms with van der Waals surface area (Å²) in [4.78, 5) is 2.62. The highest BCUT2D eigenvalue weighted by Gasteiger charge is 2.34. The van der Waals surface area contributed by atoms with E-state index in [1.165, 1.54) is 49.2 Å². The molecular weight excluding hydrogens is 232 g/mol. The number of hydrogen-bond donors (Lipinski definition) is 1. The third-order valence-electron chi connectivity index (χ3n) is 5.00. The zero-order chi connectivity index (χ0) is 13.4. The van der Waals surface area contributed by atoms with Crippen molar-refractivity contribution in [2.75, 3.05) is 19.6 Å². The van der Waals surface area contributed by atoms with Crippen LogP contribution in [0.2, 0.25) is 0 Å². The molecule has 2 fully saturated rings. The standard InChI is InChI=1S/C17H26N2/c1-12-4-5-13(2)16(10-12)14(3)18-17-7-9-19-8-6-15(17)11-19/h4-5,10,14-15,17-18H,6-9,11H2,1-3H3. The largest absolute Gasteiger partial charge is 0.307 e. The van der Waals surface area contributed by atoms with Gasteiger partial charge in [-0.05, 0) is 63.7 Å². The first kappa shape index (κ1) is 13.1. The molecule has 104 valence electrons. The molecule has 4 unspecified atom stereocenters. The van der Waals surface area contributed by atoms with Crippen LogP contribution in [0, 0.1) is 19.8 Å². The smallest absolute Gasteiger partial charge is 0.0297 e. The summed E-state index contributed by atoms with van der Waals surface area (Å²) in [6.07, 6.45) is 2.71. The number of piperidine rings is 1. The first-order valence-corrected chi connectivity index (χ1v) is 7.69. The van der Waals surface area contributed by atoms with Crippen molar-refractivity contribution in [3.63, 3.8) is 0 Å². The van der Waals surface area contributed by atoms with Crippen molar-refractivity contribution in [1.82, 2.24) is 10.2 Å². The number of nitrogens with one attached hydrogen (secondary N) is 1. The molecule has 0 spiro atoms. The van der Waals surface area contributed by atoms with Gasteiger partial charge in [0, 0.05) is 18.6 Å². The Morgan fingerprint density at radius 3 is 2.84 bits per heavy atom. The van der Waals surface area contributed by atoms with Crippen molar-refractivity contribution in [3.8, 4) is 0 Å². The second-order valence-electron chi connectivity index (χ2n) is 6.49. The summed E-state index contributed by atoms with van der Waals surface area (Å²) in [6.45, 7) is 10.7. The zero-order valence-corrected chi connectivity index (χ0v) is 12.4. The van der Waals surface area contributed by atoms with Crippen molar-refractivity contribution in [2.45, 2.75) is 45.7 Å². The van der Waals surface area contributed by atoms with E-state index in [0.717, 1.165) is 5.92 Å². The van der Waals surface area contributed by atoms with E-state index in [9.17, 15) is 0 Å². The normalized spacial score (nSPS) is 31.4. The number of fused-ring (bicyclic) bond motifs is 2. The topological polar surface area (TPSA) is 15.3 Å². The third kappa shape index (κ3) is 2.70. The number of rotatable bonds is 3. The van der Waals surface area contributed by atoms with Crippen LogP contribution in [-0.2, 0) is 0 Å². The second kappa shape index (κ2) is 5.26. The molecule has 2 saturated heterocycles. The van der Waals surface area contributed by atoms with Crippen LogP contribution in [0.5, 0.6) is 0 Å². The Morgan fingerprint density at radius 2 is 2.00 bits per heavy atom. The van der Waals surface area contributed by atoms with Crippen LogP contribution in [0.15, 0.2) is 18.2 Å². The average molecular weight is 258 g/mol. The Hall–Kier alpha value is -0.860. The molecule has 0 aliphatic carbocycles. The van der Waals surface area contributed by atoms with Crippen LogP contribution in [0.1, 0.15) is 42.5 Å². The Kier molecular flexibility index (Phi) is 3.64. The maximum atomic E-state index is 3.90. The molecule has 1 aromatic carbocycles. The molecule has 4 atom stereocenters. The van der Waals surface area contributed by atoms with E-state index in [2.05, 4.69) is 49.2 Å². The Labute approximate surface area is 117 Å². The molecule has 1 N–H and O–H groups in total. The summed E-state index contributed by atoms with van der Waals surface area (Å²) in [5.41, 5.74) is 4.25. The lowest BCUT2D eigenvalue weighted by molar-refractivity contribution is 0.212.